The summed E-state index contributed by atoms with van der Waals surface area (Å²) in [6.45, 7) is 7.43. The zero-order valence-corrected chi connectivity index (χ0v) is 15.1. The van der Waals surface area contributed by atoms with E-state index in [9.17, 15) is 14.4 Å². The molecule has 1 aromatic rings. The Morgan fingerprint density at radius 2 is 2.04 bits per heavy atom. The second-order valence-electron chi connectivity index (χ2n) is 6.40. The first-order valence-electron chi connectivity index (χ1n) is 8.10. The van der Waals surface area contributed by atoms with Gasteiger partial charge in [-0.3, -0.25) is 9.36 Å². The Morgan fingerprint density at radius 1 is 1.36 bits per heavy atom. The Balaban J connectivity index is 2.59. The number of aryl methyl sites for hydroxylation is 1. The monoisotopic (exact) mass is 354 g/mol. The molecular weight excluding hydrogens is 328 g/mol. The summed E-state index contributed by atoms with van der Waals surface area (Å²) in [7, 11) is 0. The van der Waals surface area contributed by atoms with Crippen LogP contribution in [0.15, 0.2) is 11.0 Å². The van der Waals surface area contributed by atoms with Gasteiger partial charge >= 0.3 is 17.8 Å². The number of hydrogen-bond acceptors (Lipinski definition) is 7. The molecule has 1 heterocycles. The van der Waals surface area contributed by atoms with Gasteiger partial charge in [0.25, 0.3) is 0 Å². The molecule has 0 aliphatic rings. The van der Waals surface area contributed by atoms with Crippen LogP contribution in [0.3, 0.4) is 0 Å². The molecule has 1 aromatic heterocycles. The van der Waals surface area contributed by atoms with Gasteiger partial charge in [-0.2, -0.15) is 4.98 Å². The summed E-state index contributed by atoms with van der Waals surface area (Å²) in [5.74, 6) is -0.406. The lowest BCUT2D eigenvalue weighted by molar-refractivity contribution is -0.143. The van der Waals surface area contributed by atoms with Crippen LogP contribution < -0.4 is 16.7 Å². The zero-order chi connectivity index (χ0) is 19.0. The van der Waals surface area contributed by atoms with Gasteiger partial charge in [0, 0.05) is 18.3 Å². The van der Waals surface area contributed by atoms with E-state index < -0.39 is 23.4 Å². The highest BCUT2D eigenvalue weighted by molar-refractivity contribution is 5.69. The van der Waals surface area contributed by atoms with Crippen molar-refractivity contribution >= 4 is 17.9 Å². The average molecular weight is 354 g/mol. The van der Waals surface area contributed by atoms with E-state index in [1.807, 2.05) is 0 Å². The van der Waals surface area contributed by atoms with Gasteiger partial charge in [-0.1, -0.05) is 0 Å². The first kappa shape index (κ1) is 20.5. The molecule has 0 spiro atoms. The molecule has 0 bridgehead atoms. The van der Waals surface area contributed by atoms with Crippen LogP contribution in [0.1, 0.15) is 39.7 Å². The van der Waals surface area contributed by atoms with Crippen LogP contribution in [-0.2, 0) is 27.2 Å². The highest BCUT2D eigenvalue weighted by Crippen LogP contribution is 2.09. The van der Waals surface area contributed by atoms with Crippen molar-refractivity contribution in [3.8, 4) is 0 Å². The van der Waals surface area contributed by atoms with Crippen LogP contribution >= 0.6 is 0 Å². The Kier molecular flexibility index (Phi) is 7.41. The molecule has 140 valence electrons. The van der Waals surface area contributed by atoms with Crippen LogP contribution in [0.25, 0.3) is 0 Å². The molecule has 9 heteroatoms. The Hall–Kier alpha value is -2.58. The van der Waals surface area contributed by atoms with Crippen molar-refractivity contribution in [1.82, 2.24) is 14.9 Å². The SMILES string of the molecule is CCOC(=O)Cn1cc(CCCNC(=O)OC(C)(C)C)c(N)nc1=O. The van der Waals surface area contributed by atoms with Gasteiger partial charge < -0.3 is 20.5 Å². The van der Waals surface area contributed by atoms with Crippen LogP contribution in [0.2, 0.25) is 0 Å². The number of aromatic nitrogens is 2. The topological polar surface area (TPSA) is 126 Å². The van der Waals surface area contributed by atoms with E-state index in [4.69, 9.17) is 15.2 Å². The minimum Gasteiger partial charge on any atom is -0.465 e. The maximum atomic E-state index is 11.8. The van der Waals surface area contributed by atoms with Gasteiger partial charge in [0.05, 0.1) is 6.61 Å². The zero-order valence-electron chi connectivity index (χ0n) is 15.1. The van der Waals surface area contributed by atoms with Crippen molar-refractivity contribution in [2.24, 2.45) is 0 Å². The van der Waals surface area contributed by atoms with E-state index in [0.717, 1.165) is 4.57 Å². The number of carbonyl (C=O) groups excluding carboxylic acids is 2. The maximum absolute atomic E-state index is 11.8. The number of nitrogen functional groups attached to an aromatic ring is 1. The number of nitrogens with one attached hydrogen (secondary N) is 1. The molecule has 0 atom stereocenters. The number of carbonyl (C=O) groups is 2. The molecule has 0 radical (unpaired) electrons. The number of nitrogens with two attached hydrogens (primary N) is 1. The molecule has 9 nitrogen and oxygen atoms in total. The summed E-state index contributed by atoms with van der Waals surface area (Å²) < 4.78 is 11.1. The summed E-state index contributed by atoms with van der Waals surface area (Å²) in [4.78, 5) is 38.5. The predicted molar refractivity (Wildman–Crippen MR) is 92.1 cm³/mol. The molecule has 1 rings (SSSR count). The number of rotatable bonds is 7. The van der Waals surface area contributed by atoms with Gasteiger partial charge in [0.2, 0.25) is 0 Å². The van der Waals surface area contributed by atoms with Crippen molar-refractivity contribution in [1.29, 1.82) is 0 Å². The van der Waals surface area contributed by atoms with Gasteiger partial charge in [-0.15, -0.1) is 0 Å². The highest BCUT2D eigenvalue weighted by Gasteiger charge is 2.15. The summed E-state index contributed by atoms with van der Waals surface area (Å²) in [5.41, 5.74) is 5.21. The van der Waals surface area contributed by atoms with E-state index in [0.29, 0.717) is 24.9 Å². The van der Waals surface area contributed by atoms with Crippen molar-refractivity contribution in [3.63, 3.8) is 0 Å². The number of hydrogen-bond donors (Lipinski definition) is 2. The third kappa shape index (κ3) is 7.69. The summed E-state index contributed by atoms with van der Waals surface area (Å²) in [6, 6.07) is 0. The van der Waals surface area contributed by atoms with Gasteiger partial charge in [-0.25, -0.2) is 9.59 Å². The largest absolute Gasteiger partial charge is 0.465 e. The number of anilines is 1. The number of esters is 1. The molecule has 3 N–H and O–H groups in total. The van der Waals surface area contributed by atoms with Crippen LogP contribution in [0.5, 0.6) is 0 Å². The lowest BCUT2D eigenvalue weighted by Crippen LogP contribution is -2.33. The van der Waals surface area contributed by atoms with E-state index >= 15 is 0 Å². The van der Waals surface area contributed by atoms with Gasteiger partial charge in [0.1, 0.15) is 18.0 Å². The molecule has 0 fully saturated rings. The predicted octanol–water partition coefficient (Wildman–Crippen LogP) is 0.846. The fourth-order valence-corrected chi connectivity index (χ4v) is 1.98. The van der Waals surface area contributed by atoms with Crippen LogP contribution in [0, 0.1) is 0 Å². The molecule has 0 saturated carbocycles. The standard InChI is InChI=1S/C16H26N4O5/c1-5-24-12(21)10-20-9-11(13(17)19-14(20)22)7-6-8-18-15(23)25-16(2,3)4/h9H,5-8,10H2,1-4H3,(H,18,23)(H2,17,19,22). The second kappa shape index (κ2) is 9.05. The van der Waals surface area contributed by atoms with Gasteiger partial charge in [-0.05, 0) is 40.5 Å². The smallest absolute Gasteiger partial charge is 0.407 e. The van der Waals surface area contributed by atoms with Crippen molar-refractivity contribution in [3.05, 3.63) is 22.2 Å². The summed E-state index contributed by atoms with van der Waals surface area (Å²) in [5, 5.41) is 2.64. The lowest BCUT2D eigenvalue weighted by Gasteiger charge is -2.19. The lowest BCUT2D eigenvalue weighted by atomic mass is 10.1. The maximum Gasteiger partial charge on any atom is 0.407 e. The molecule has 1 amide bonds. The Labute approximate surface area is 146 Å². The van der Waals surface area contributed by atoms with E-state index in [1.54, 1.807) is 27.7 Å². The first-order valence-corrected chi connectivity index (χ1v) is 8.10. The minimum atomic E-state index is -0.610. The molecule has 0 unspecified atom stereocenters. The highest BCUT2D eigenvalue weighted by atomic mass is 16.6. The number of ether oxygens (including phenoxy) is 2. The number of alkyl carbamates (subject to hydrolysis) is 1. The summed E-state index contributed by atoms with van der Waals surface area (Å²) >= 11 is 0. The van der Waals surface area contributed by atoms with Crippen molar-refractivity contribution in [2.75, 3.05) is 18.9 Å². The van der Waals surface area contributed by atoms with Crippen LogP contribution in [-0.4, -0.2) is 40.4 Å². The minimum absolute atomic E-state index is 0.113. The normalized spacial score (nSPS) is 11.0. The fraction of sp³-hybridized carbons (Fsp3) is 0.625. The second-order valence-corrected chi connectivity index (χ2v) is 6.40. The first-order chi connectivity index (χ1) is 11.6. The van der Waals surface area contributed by atoms with E-state index in [2.05, 4.69) is 10.3 Å². The third-order valence-corrected chi connectivity index (χ3v) is 3.00. The summed E-state index contributed by atoms with van der Waals surface area (Å²) in [6.07, 6.45) is 2.06. The van der Waals surface area contributed by atoms with E-state index in [-0.39, 0.29) is 19.0 Å². The van der Waals surface area contributed by atoms with Crippen molar-refractivity contribution < 1.29 is 19.1 Å². The van der Waals surface area contributed by atoms with Crippen molar-refractivity contribution in [2.45, 2.75) is 52.7 Å². The molecule has 0 aliphatic heterocycles. The number of amides is 1. The van der Waals surface area contributed by atoms with Crippen LogP contribution in [0.4, 0.5) is 10.6 Å². The van der Waals surface area contributed by atoms with E-state index in [1.165, 1.54) is 6.20 Å². The molecule has 0 aromatic carbocycles. The molecule has 25 heavy (non-hydrogen) atoms. The average Bonchev–Trinajstić information content (AvgIpc) is 2.46. The third-order valence-electron chi connectivity index (χ3n) is 3.00. The molecule has 0 aliphatic carbocycles. The Morgan fingerprint density at radius 3 is 2.64 bits per heavy atom. The quantitative estimate of drug-likeness (QED) is 0.549. The Bertz CT molecular complexity index is 663. The fourth-order valence-electron chi connectivity index (χ4n) is 1.98. The molecule has 0 saturated heterocycles. The van der Waals surface area contributed by atoms with Gasteiger partial charge in [0.15, 0.2) is 0 Å². The number of nitrogens with zero attached hydrogens (tertiary/aromatic N) is 2. The molecular formula is C16H26N4O5.